The molecule has 0 radical (unpaired) electrons. The summed E-state index contributed by atoms with van der Waals surface area (Å²) in [7, 11) is 0. The number of pyridine rings is 1. The second-order valence-corrected chi connectivity index (χ2v) is 7.35. The first kappa shape index (κ1) is 15.9. The first-order chi connectivity index (χ1) is 12.1. The van der Waals surface area contributed by atoms with Crippen molar-refractivity contribution < 1.29 is 14.0 Å². The SMILES string of the molecule is CC1Sc2ncc(C(=O)NCc3cc4ccccc4o3)cc2CC1=O. The Bertz CT molecular complexity index is 947. The number of hydrogen-bond acceptors (Lipinski definition) is 5. The molecule has 4 rings (SSSR count). The zero-order valence-electron chi connectivity index (χ0n) is 13.6. The Labute approximate surface area is 148 Å². The lowest BCUT2D eigenvalue weighted by Crippen LogP contribution is -2.25. The van der Waals surface area contributed by atoms with Crippen molar-refractivity contribution >= 4 is 34.4 Å². The lowest BCUT2D eigenvalue weighted by molar-refractivity contribution is -0.117. The van der Waals surface area contributed by atoms with Gasteiger partial charge in [-0.25, -0.2) is 4.98 Å². The number of aromatic nitrogens is 1. The number of furan rings is 1. The average molecular weight is 352 g/mol. The van der Waals surface area contributed by atoms with E-state index in [1.165, 1.54) is 11.8 Å². The van der Waals surface area contributed by atoms with E-state index < -0.39 is 0 Å². The van der Waals surface area contributed by atoms with E-state index in [1.54, 1.807) is 12.3 Å². The summed E-state index contributed by atoms with van der Waals surface area (Å²) in [5, 5.41) is 4.60. The Balaban J connectivity index is 1.48. The van der Waals surface area contributed by atoms with Gasteiger partial charge in [0, 0.05) is 18.0 Å². The number of benzene rings is 1. The molecule has 1 N–H and O–H groups in total. The largest absolute Gasteiger partial charge is 0.459 e. The summed E-state index contributed by atoms with van der Waals surface area (Å²) >= 11 is 1.45. The minimum absolute atomic E-state index is 0.0761. The molecule has 1 aliphatic heterocycles. The number of carbonyl (C=O) groups excluding carboxylic acids is 2. The van der Waals surface area contributed by atoms with E-state index in [0.717, 1.165) is 21.6 Å². The van der Waals surface area contributed by atoms with Gasteiger partial charge in [0.25, 0.3) is 5.91 Å². The number of Topliss-reactive ketones (excluding diaryl/α,β-unsaturated/α-hetero) is 1. The third-order valence-electron chi connectivity index (χ3n) is 4.19. The van der Waals surface area contributed by atoms with Crippen LogP contribution >= 0.6 is 11.8 Å². The van der Waals surface area contributed by atoms with Crippen molar-refractivity contribution in [2.45, 2.75) is 30.2 Å². The highest BCUT2D eigenvalue weighted by molar-refractivity contribution is 8.00. The van der Waals surface area contributed by atoms with Crippen LogP contribution < -0.4 is 5.32 Å². The van der Waals surface area contributed by atoms with Crippen molar-refractivity contribution in [2.75, 3.05) is 0 Å². The van der Waals surface area contributed by atoms with Crippen molar-refractivity contribution in [1.29, 1.82) is 0 Å². The zero-order valence-corrected chi connectivity index (χ0v) is 14.4. The van der Waals surface area contributed by atoms with Crippen LogP contribution in [0.25, 0.3) is 11.0 Å². The summed E-state index contributed by atoms with van der Waals surface area (Å²) in [6.45, 7) is 2.18. The van der Waals surface area contributed by atoms with Gasteiger partial charge >= 0.3 is 0 Å². The fourth-order valence-corrected chi connectivity index (χ4v) is 3.76. The molecule has 0 aliphatic carbocycles. The molecule has 1 aromatic carbocycles. The summed E-state index contributed by atoms with van der Waals surface area (Å²) in [4.78, 5) is 28.6. The van der Waals surface area contributed by atoms with Gasteiger partial charge in [0.15, 0.2) is 0 Å². The number of rotatable bonds is 3. The van der Waals surface area contributed by atoms with Crippen molar-refractivity contribution in [3.63, 3.8) is 0 Å². The van der Waals surface area contributed by atoms with Gasteiger partial charge < -0.3 is 9.73 Å². The molecule has 0 saturated carbocycles. The molecule has 3 heterocycles. The molecule has 0 bridgehead atoms. The molecule has 5 nitrogen and oxygen atoms in total. The molecule has 126 valence electrons. The van der Waals surface area contributed by atoms with Gasteiger partial charge in [-0.3, -0.25) is 9.59 Å². The molecule has 1 amide bonds. The number of thioether (sulfide) groups is 1. The first-order valence-corrected chi connectivity index (χ1v) is 8.92. The van der Waals surface area contributed by atoms with Gasteiger partial charge in [-0.15, -0.1) is 0 Å². The molecule has 1 unspecified atom stereocenters. The van der Waals surface area contributed by atoms with E-state index >= 15 is 0 Å². The quantitative estimate of drug-likeness (QED) is 0.782. The van der Waals surface area contributed by atoms with Crippen molar-refractivity contribution in [2.24, 2.45) is 0 Å². The molecular formula is C19H16N2O3S. The Hall–Kier alpha value is -2.60. The summed E-state index contributed by atoms with van der Waals surface area (Å²) in [6, 6.07) is 11.4. The minimum atomic E-state index is -0.230. The van der Waals surface area contributed by atoms with Crippen molar-refractivity contribution in [3.05, 3.63) is 59.5 Å². The molecule has 1 aliphatic rings. The topological polar surface area (TPSA) is 72.2 Å². The normalized spacial score (nSPS) is 16.7. The Morgan fingerprint density at radius 1 is 1.36 bits per heavy atom. The van der Waals surface area contributed by atoms with Crippen LogP contribution in [-0.2, 0) is 17.8 Å². The highest BCUT2D eigenvalue weighted by atomic mass is 32.2. The number of hydrogen-bond donors (Lipinski definition) is 1. The Kier molecular flexibility index (Phi) is 4.05. The zero-order chi connectivity index (χ0) is 17.4. The van der Waals surface area contributed by atoms with Crippen molar-refractivity contribution in [3.8, 4) is 0 Å². The van der Waals surface area contributed by atoms with Crippen LogP contribution in [0.5, 0.6) is 0 Å². The predicted molar refractivity (Wildman–Crippen MR) is 95.7 cm³/mol. The van der Waals surface area contributed by atoms with E-state index in [2.05, 4.69) is 10.3 Å². The van der Waals surface area contributed by atoms with Crippen LogP contribution in [0.2, 0.25) is 0 Å². The van der Waals surface area contributed by atoms with Crippen molar-refractivity contribution in [1.82, 2.24) is 10.3 Å². The summed E-state index contributed by atoms with van der Waals surface area (Å²) in [5.74, 6) is 0.631. The van der Waals surface area contributed by atoms with E-state index in [4.69, 9.17) is 4.42 Å². The molecule has 25 heavy (non-hydrogen) atoms. The molecule has 0 fully saturated rings. The molecule has 2 aromatic heterocycles. The van der Waals surface area contributed by atoms with Gasteiger partial charge in [0.1, 0.15) is 22.2 Å². The van der Waals surface area contributed by atoms with Gasteiger partial charge in [0.2, 0.25) is 0 Å². The highest BCUT2D eigenvalue weighted by Gasteiger charge is 2.25. The maximum Gasteiger partial charge on any atom is 0.253 e. The summed E-state index contributed by atoms with van der Waals surface area (Å²) in [5.41, 5.74) is 2.08. The van der Waals surface area contributed by atoms with Crippen LogP contribution in [0.4, 0.5) is 0 Å². The molecule has 1 atom stereocenters. The number of nitrogens with one attached hydrogen (secondary N) is 1. The number of para-hydroxylation sites is 1. The molecule has 3 aromatic rings. The minimum Gasteiger partial charge on any atom is -0.459 e. The van der Waals surface area contributed by atoms with E-state index in [1.807, 2.05) is 37.3 Å². The monoisotopic (exact) mass is 352 g/mol. The Morgan fingerprint density at radius 3 is 3.04 bits per heavy atom. The van der Waals surface area contributed by atoms with Gasteiger partial charge in [-0.1, -0.05) is 30.0 Å². The lowest BCUT2D eigenvalue weighted by Gasteiger charge is -2.19. The molecular weight excluding hydrogens is 336 g/mol. The standard InChI is InChI=1S/C19H16N2O3S/c1-11-16(22)8-13-6-14(9-21-19(13)25-11)18(23)20-10-15-7-12-4-2-3-5-17(12)24-15/h2-7,9,11H,8,10H2,1H3,(H,20,23). The highest BCUT2D eigenvalue weighted by Crippen LogP contribution is 2.31. The average Bonchev–Trinajstić information content (AvgIpc) is 3.03. The van der Waals surface area contributed by atoms with Gasteiger partial charge in [-0.2, -0.15) is 0 Å². The Morgan fingerprint density at radius 2 is 2.20 bits per heavy atom. The fraction of sp³-hybridized carbons (Fsp3) is 0.211. The fourth-order valence-electron chi connectivity index (χ4n) is 2.81. The van der Waals surface area contributed by atoms with Gasteiger partial charge in [-0.05, 0) is 30.7 Å². The molecule has 0 saturated heterocycles. The molecule has 6 heteroatoms. The van der Waals surface area contributed by atoms with Crippen LogP contribution in [0.3, 0.4) is 0 Å². The maximum atomic E-state index is 12.4. The predicted octanol–water partition coefficient (Wildman–Crippen LogP) is 3.36. The van der Waals surface area contributed by atoms with E-state index in [-0.39, 0.29) is 16.9 Å². The summed E-state index contributed by atoms with van der Waals surface area (Å²) < 4.78 is 5.69. The number of fused-ring (bicyclic) bond motifs is 2. The first-order valence-electron chi connectivity index (χ1n) is 8.04. The van der Waals surface area contributed by atoms with Crippen LogP contribution in [0.1, 0.15) is 28.6 Å². The van der Waals surface area contributed by atoms with Crippen LogP contribution in [0, 0.1) is 0 Å². The van der Waals surface area contributed by atoms with Crippen LogP contribution in [0.15, 0.2) is 52.0 Å². The maximum absolute atomic E-state index is 12.4. The summed E-state index contributed by atoms with van der Waals surface area (Å²) in [6.07, 6.45) is 1.89. The number of nitrogens with zero attached hydrogens (tertiary/aromatic N) is 1. The molecule has 0 spiro atoms. The smallest absolute Gasteiger partial charge is 0.253 e. The number of ketones is 1. The van der Waals surface area contributed by atoms with E-state index in [9.17, 15) is 9.59 Å². The number of amides is 1. The number of carbonyl (C=O) groups is 2. The van der Waals surface area contributed by atoms with Crippen LogP contribution in [-0.4, -0.2) is 21.9 Å². The van der Waals surface area contributed by atoms with E-state index in [0.29, 0.717) is 24.3 Å². The second kappa shape index (κ2) is 6.37. The second-order valence-electron chi connectivity index (χ2n) is 6.02. The van der Waals surface area contributed by atoms with Gasteiger partial charge in [0.05, 0.1) is 17.4 Å². The lowest BCUT2D eigenvalue weighted by atomic mass is 10.1. The third kappa shape index (κ3) is 3.17. The third-order valence-corrected chi connectivity index (χ3v) is 5.40.